The number of rotatable bonds is 5. The summed E-state index contributed by atoms with van der Waals surface area (Å²) < 4.78 is 12.7. The Kier molecular flexibility index (Phi) is 5.25. The molecule has 0 spiro atoms. The van der Waals surface area contributed by atoms with Crippen LogP contribution in [0, 0.1) is 5.82 Å². The third-order valence-corrected chi connectivity index (χ3v) is 2.50. The summed E-state index contributed by atoms with van der Waals surface area (Å²) in [5.74, 6) is -1.73. The minimum atomic E-state index is -1.50. The minimum absolute atomic E-state index is 0.0256. The molecule has 1 aromatic carbocycles. The number of anilines is 1. The molecular weight excluding hydrogens is 255 g/mol. The fourth-order valence-corrected chi connectivity index (χ4v) is 1.34. The normalized spacial score (nSPS) is 11.7. The minimum Gasteiger partial charge on any atom is -0.479 e. The van der Waals surface area contributed by atoms with Crippen molar-refractivity contribution in [3.8, 4) is 0 Å². The number of carboxylic acid groups (broad SMARTS) is 1. The maximum Gasteiger partial charge on any atom is 0.332 e. The van der Waals surface area contributed by atoms with E-state index in [0.717, 1.165) is 0 Å². The van der Waals surface area contributed by atoms with E-state index in [9.17, 15) is 14.0 Å². The first-order valence-electron chi connectivity index (χ1n) is 5.60. The van der Waals surface area contributed by atoms with Crippen molar-refractivity contribution in [2.75, 3.05) is 18.5 Å². The number of carbonyl (C=O) groups excluding carboxylic acids is 1. The van der Waals surface area contributed by atoms with Gasteiger partial charge in [-0.1, -0.05) is 0 Å². The van der Waals surface area contributed by atoms with Crippen molar-refractivity contribution in [2.24, 2.45) is 0 Å². The zero-order valence-corrected chi connectivity index (χ0v) is 10.3. The van der Waals surface area contributed by atoms with Crippen LogP contribution < -0.4 is 10.2 Å². The highest BCUT2D eigenvalue weighted by molar-refractivity contribution is 5.91. The summed E-state index contributed by atoms with van der Waals surface area (Å²) in [6, 6.07) is 4.88. The van der Waals surface area contributed by atoms with E-state index in [0.29, 0.717) is 5.69 Å². The molecule has 0 aliphatic carbocycles. The number of aliphatic carboxylic acids is 1. The van der Waals surface area contributed by atoms with Crippen molar-refractivity contribution in [1.82, 2.24) is 5.32 Å². The molecule has 0 aliphatic heterocycles. The largest absolute Gasteiger partial charge is 0.479 e. The van der Waals surface area contributed by atoms with Crippen LogP contribution in [-0.4, -0.2) is 41.9 Å². The first kappa shape index (κ1) is 14.9. The summed E-state index contributed by atoms with van der Waals surface area (Å²) in [6.45, 7) is 0.0256. The lowest BCUT2D eigenvalue weighted by atomic mass is 10.2. The molecule has 0 aromatic heterocycles. The topological polar surface area (TPSA) is 89.9 Å². The van der Waals surface area contributed by atoms with Crippen LogP contribution in [-0.2, 0) is 4.79 Å². The molecule has 0 bridgehead atoms. The Morgan fingerprint density at radius 2 is 1.95 bits per heavy atom. The lowest BCUT2D eigenvalue weighted by Crippen LogP contribution is -2.39. The fraction of sp³-hybridized carbons (Fsp3) is 0.333. The molecule has 19 heavy (non-hydrogen) atoms. The highest BCUT2D eigenvalue weighted by Gasteiger charge is 2.14. The smallest absolute Gasteiger partial charge is 0.332 e. The van der Waals surface area contributed by atoms with Crippen LogP contribution in [0.15, 0.2) is 24.3 Å². The Morgan fingerprint density at radius 1 is 1.37 bits per heavy atom. The molecule has 0 saturated heterocycles. The summed E-state index contributed by atoms with van der Waals surface area (Å²) in [6.07, 6.45) is -1.59. The Labute approximate surface area is 109 Å². The van der Waals surface area contributed by atoms with E-state index < -0.39 is 23.9 Å². The average molecular weight is 270 g/mol. The monoisotopic (exact) mass is 270 g/mol. The molecule has 1 aromatic rings. The lowest BCUT2D eigenvalue weighted by Gasteiger charge is -2.18. The number of aliphatic hydroxyl groups excluding tert-OH is 1. The molecule has 1 atom stereocenters. The quantitative estimate of drug-likeness (QED) is 0.738. The van der Waals surface area contributed by atoms with Crippen molar-refractivity contribution in [3.63, 3.8) is 0 Å². The van der Waals surface area contributed by atoms with E-state index in [-0.39, 0.29) is 13.0 Å². The SMILES string of the molecule is CN(C(=O)NCCC(O)C(=O)O)c1ccc(F)cc1. The second-order valence-electron chi connectivity index (χ2n) is 3.91. The van der Waals surface area contributed by atoms with Crippen LogP contribution in [0.25, 0.3) is 0 Å². The second-order valence-corrected chi connectivity index (χ2v) is 3.91. The highest BCUT2D eigenvalue weighted by atomic mass is 19.1. The van der Waals surface area contributed by atoms with Crippen LogP contribution in [0.1, 0.15) is 6.42 Å². The van der Waals surface area contributed by atoms with Crippen LogP contribution in [0.2, 0.25) is 0 Å². The number of carbonyl (C=O) groups is 2. The molecule has 2 amide bonds. The van der Waals surface area contributed by atoms with Gasteiger partial charge in [-0.05, 0) is 24.3 Å². The molecule has 1 rings (SSSR count). The molecule has 1 unspecified atom stereocenters. The fourth-order valence-electron chi connectivity index (χ4n) is 1.34. The van der Waals surface area contributed by atoms with Gasteiger partial charge in [-0.15, -0.1) is 0 Å². The number of nitrogens with one attached hydrogen (secondary N) is 1. The first-order chi connectivity index (χ1) is 8.91. The van der Waals surface area contributed by atoms with Gasteiger partial charge in [0.05, 0.1) is 0 Å². The molecule has 6 nitrogen and oxygen atoms in total. The molecule has 0 radical (unpaired) electrons. The first-order valence-corrected chi connectivity index (χ1v) is 5.60. The van der Waals surface area contributed by atoms with Gasteiger partial charge >= 0.3 is 12.0 Å². The van der Waals surface area contributed by atoms with Crippen molar-refractivity contribution in [1.29, 1.82) is 0 Å². The van der Waals surface area contributed by atoms with Crippen LogP contribution in [0.5, 0.6) is 0 Å². The summed E-state index contributed by atoms with van der Waals surface area (Å²) in [5.41, 5.74) is 0.498. The van der Waals surface area contributed by atoms with Gasteiger partial charge in [-0.25, -0.2) is 14.0 Å². The molecule has 0 fully saturated rings. The van der Waals surface area contributed by atoms with Gasteiger partial charge in [0.15, 0.2) is 6.10 Å². The van der Waals surface area contributed by atoms with E-state index in [1.165, 1.54) is 36.2 Å². The van der Waals surface area contributed by atoms with Gasteiger partial charge in [-0.3, -0.25) is 4.90 Å². The Hall–Kier alpha value is -2.15. The molecule has 0 heterocycles. The lowest BCUT2D eigenvalue weighted by molar-refractivity contribution is -0.146. The summed E-state index contributed by atoms with van der Waals surface area (Å²) in [7, 11) is 1.50. The number of urea groups is 1. The average Bonchev–Trinajstić information content (AvgIpc) is 2.38. The van der Waals surface area contributed by atoms with Gasteiger partial charge < -0.3 is 15.5 Å². The second kappa shape index (κ2) is 6.69. The van der Waals surface area contributed by atoms with Crippen LogP contribution >= 0.6 is 0 Å². The number of carboxylic acids is 1. The van der Waals surface area contributed by atoms with Gasteiger partial charge in [0, 0.05) is 25.7 Å². The van der Waals surface area contributed by atoms with E-state index in [1.54, 1.807) is 0 Å². The highest BCUT2D eigenvalue weighted by Crippen LogP contribution is 2.12. The van der Waals surface area contributed by atoms with Gasteiger partial charge in [0.2, 0.25) is 0 Å². The van der Waals surface area contributed by atoms with E-state index in [2.05, 4.69) is 5.32 Å². The van der Waals surface area contributed by atoms with Gasteiger partial charge in [0.1, 0.15) is 5.82 Å². The molecular formula is C12H15FN2O4. The molecule has 0 saturated carbocycles. The Morgan fingerprint density at radius 3 is 2.47 bits per heavy atom. The predicted octanol–water partition coefficient (Wildman–Crippen LogP) is 0.807. The van der Waals surface area contributed by atoms with Crippen molar-refractivity contribution >= 4 is 17.7 Å². The van der Waals surface area contributed by atoms with Gasteiger partial charge in [0.25, 0.3) is 0 Å². The number of nitrogens with zero attached hydrogens (tertiary/aromatic N) is 1. The zero-order chi connectivity index (χ0) is 14.4. The van der Waals surface area contributed by atoms with Crippen LogP contribution in [0.3, 0.4) is 0 Å². The van der Waals surface area contributed by atoms with Crippen molar-refractivity contribution in [3.05, 3.63) is 30.1 Å². The van der Waals surface area contributed by atoms with E-state index >= 15 is 0 Å². The van der Waals surface area contributed by atoms with E-state index in [4.69, 9.17) is 10.2 Å². The number of hydrogen-bond donors (Lipinski definition) is 3. The van der Waals surface area contributed by atoms with Crippen molar-refractivity contribution in [2.45, 2.75) is 12.5 Å². The standard InChI is InChI=1S/C12H15FN2O4/c1-15(9-4-2-8(13)3-5-9)12(19)14-7-6-10(16)11(17)18/h2-5,10,16H,6-7H2,1H3,(H,14,19)(H,17,18). The summed E-state index contributed by atoms with van der Waals surface area (Å²) >= 11 is 0. The van der Waals surface area contributed by atoms with Crippen molar-refractivity contribution < 1.29 is 24.2 Å². The summed E-state index contributed by atoms with van der Waals surface area (Å²) in [5, 5.41) is 19.9. The summed E-state index contributed by atoms with van der Waals surface area (Å²) in [4.78, 5) is 23.3. The Balaban J connectivity index is 2.45. The van der Waals surface area contributed by atoms with Crippen LogP contribution in [0.4, 0.5) is 14.9 Å². The number of amides is 2. The maximum absolute atomic E-state index is 12.7. The Bertz CT molecular complexity index is 450. The third kappa shape index (κ3) is 4.55. The van der Waals surface area contributed by atoms with Gasteiger partial charge in [-0.2, -0.15) is 0 Å². The molecule has 0 aliphatic rings. The van der Waals surface area contributed by atoms with E-state index in [1.807, 2.05) is 0 Å². The number of hydrogen-bond acceptors (Lipinski definition) is 3. The number of aliphatic hydroxyl groups is 1. The number of halogens is 1. The molecule has 104 valence electrons. The maximum atomic E-state index is 12.7. The number of benzene rings is 1. The predicted molar refractivity (Wildman–Crippen MR) is 66.5 cm³/mol. The third-order valence-electron chi connectivity index (χ3n) is 2.50. The molecule has 7 heteroatoms. The molecule has 3 N–H and O–H groups in total. The zero-order valence-electron chi connectivity index (χ0n) is 10.3.